The van der Waals surface area contributed by atoms with E-state index < -0.39 is 5.72 Å². The third-order valence-electron chi connectivity index (χ3n) is 4.34. The summed E-state index contributed by atoms with van der Waals surface area (Å²) in [5.41, 5.74) is 1.40. The number of nitrogens with zero attached hydrogens (tertiary/aromatic N) is 1. The normalized spacial score (nSPS) is 25.4. The summed E-state index contributed by atoms with van der Waals surface area (Å²) in [6.45, 7) is 1.29. The van der Waals surface area contributed by atoms with Gasteiger partial charge in [-0.1, -0.05) is 60.7 Å². The van der Waals surface area contributed by atoms with Gasteiger partial charge in [0.25, 0.3) is 0 Å². The lowest BCUT2D eigenvalue weighted by molar-refractivity contribution is -0.326. The number of hydrogen-bond donors (Lipinski definition) is 0. The molecule has 0 aliphatic carbocycles. The molecule has 2 unspecified atom stereocenters. The van der Waals surface area contributed by atoms with Crippen LogP contribution in [0.5, 0.6) is 0 Å². The molecule has 3 rings (SSSR count). The molecule has 0 saturated carbocycles. The Bertz CT molecular complexity index is 607. The fraction of sp³-hybridized carbons (Fsp3) is 0.368. The monoisotopic (exact) mass is 331 g/mol. The topological polar surface area (TPSA) is 21.7 Å². The second-order valence-corrected chi connectivity index (χ2v) is 6.26. The number of alkyl halides is 1. The number of hydrogen-bond acceptors (Lipinski definition) is 3. The Morgan fingerprint density at radius 3 is 2.39 bits per heavy atom. The molecular formula is C19H22ClNO2. The molecule has 2 aromatic carbocycles. The molecule has 1 heterocycles. The Morgan fingerprint density at radius 2 is 1.74 bits per heavy atom. The van der Waals surface area contributed by atoms with Gasteiger partial charge in [-0.2, -0.15) is 5.06 Å². The maximum Gasteiger partial charge on any atom is 0.185 e. The van der Waals surface area contributed by atoms with Crippen molar-refractivity contribution in [1.82, 2.24) is 5.06 Å². The Morgan fingerprint density at radius 1 is 1.09 bits per heavy atom. The van der Waals surface area contributed by atoms with Gasteiger partial charge in [-0.15, -0.1) is 11.6 Å². The Hall–Kier alpha value is -1.39. The van der Waals surface area contributed by atoms with Crippen molar-refractivity contribution in [3.63, 3.8) is 0 Å². The lowest BCUT2D eigenvalue weighted by atomic mass is 9.92. The van der Waals surface area contributed by atoms with Crippen LogP contribution >= 0.6 is 11.6 Å². The summed E-state index contributed by atoms with van der Waals surface area (Å²) in [6.07, 6.45) is 1.89. The van der Waals surface area contributed by atoms with Crippen molar-refractivity contribution >= 4 is 11.6 Å². The summed E-state index contributed by atoms with van der Waals surface area (Å²) in [5, 5.41) is 1.75. The molecule has 1 aliphatic heterocycles. The van der Waals surface area contributed by atoms with E-state index in [-0.39, 0.29) is 5.38 Å². The number of ether oxygens (including phenoxy) is 1. The summed E-state index contributed by atoms with van der Waals surface area (Å²) >= 11 is 6.70. The van der Waals surface area contributed by atoms with Gasteiger partial charge in [0, 0.05) is 19.2 Å². The van der Waals surface area contributed by atoms with E-state index in [4.69, 9.17) is 21.2 Å². The van der Waals surface area contributed by atoms with Crippen LogP contribution in [0.2, 0.25) is 0 Å². The quantitative estimate of drug-likeness (QED) is 0.762. The van der Waals surface area contributed by atoms with E-state index >= 15 is 0 Å². The molecule has 0 amide bonds. The molecule has 1 fully saturated rings. The van der Waals surface area contributed by atoms with E-state index in [2.05, 4.69) is 12.1 Å². The van der Waals surface area contributed by atoms with Crippen molar-refractivity contribution in [2.75, 3.05) is 13.7 Å². The fourth-order valence-electron chi connectivity index (χ4n) is 3.17. The van der Waals surface area contributed by atoms with Crippen LogP contribution in [0.15, 0.2) is 60.7 Å². The highest BCUT2D eigenvalue weighted by molar-refractivity contribution is 6.21. The van der Waals surface area contributed by atoms with Crippen LogP contribution in [0.4, 0.5) is 0 Å². The highest BCUT2D eigenvalue weighted by Crippen LogP contribution is 2.42. The minimum Gasteiger partial charge on any atom is -0.356 e. The Labute approximate surface area is 142 Å². The third kappa shape index (κ3) is 3.29. The SMILES string of the molecule is COC1(c2ccccc2)C(Cl)CCCN1OCc1ccccc1. The first kappa shape index (κ1) is 16.5. The number of hydroxylamine groups is 2. The van der Waals surface area contributed by atoms with Crippen molar-refractivity contribution in [1.29, 1.82) is 0 Å². The van der Waals surface area contributed by atoms with Crippen molar-refractivity contribution in [2.45, 2.75) is 30.6 Å². The maximum absolute atomic E-state index is 6.70. The van der Waals surface area contributed by atoms with E-state index in [9.17, 15) is 0 Å². The average Bonchev–Trinajstić information content (AvgIpc) is 2.62. The molecule has 0 bridgehead atoms. The molecular weight excluding hydrogens is 310 g/mol. The standard InChI is InChI=1S/C19H22ClNO2/c1-22-19(17-11-6-3-7-12-17)18(20)13-8-14-21(19)23-15-16-9-4-2-5-10-16/h2-7,9-12,18H,8,13-15H2,1H3. The second kappa shape index (κ2) is 7.45. The summed E-state index contributed by atoms with van der Waals surface area (Å²) in [7, 11) is 1.70. The van der Waals surface area contributed by atoms with Crippen LogP contribution in [-0.2, 0) is 21.9 Å². The molecule has 0 spiro atoms. The van der Waals surface area contributed by atoms with Crippen molar-refractivity contribution in [3.8, 4) is 0 Å². The van der Waals surface area contributed by atoms with Gasteiger partial charge in [0.1, 0.15) is 0 Å². The highest BCUT2D eigenvalue weighted by atomic mass is 35.5. The van der Waals surface area contributed by atoms with E-state index in [1.807, 2.05) is 53.6 Å². The van der Waals surface area contributed by atoms with Crippen LogP contribution in [0, 0.1) is 0 Å². The zero-order valence-electron chi connectivity index (χ0n) is 13.3. The molecule has 122 valence electrons. The van der Waals surface area contributed by atoms with E-state index in [0.717, 1.165) is 30.5 Å². The first-order valence-electron chi connectivity index (χ1n) is 7.96. The van der Waals surface area contributed by atoms with E-state index in [0.29, 0.717) is 6.61 Å². The van der Waals surface area contributed by atoms with Gasteiger partial charge in [0.05, 0.1) is 12.0 Å². The largest absolute Gasteiger partial charge is 0.356 e. The Kier molecular flexibility index (Phi) is 5.34. The summed E-state index contributed by atoms with van der Waals surface area (Å²) < 4.78 is 5.95. The van der Waals surface area contributed by atoms with Gasteiger partial charge in [0.2, 0.25) is 0 Å². The van der Waals surface area contributed by atoms with Gasteiger partial charge in [0.15, 0.2) is 5.72 Å². The minimum absolute atomic E-state index is 0.167. The van der Waals surface area contributed by atoms with Crippen molar-refractivity contribution < 1.29 is 9.57 Å². The molecule has 1 saturated heterocycles. The predicted octanol–water partition coefficient (Wildman–Crippen LogP) is 4.32. The Balaban J connectivity index is 1.86. The van der Waals surface area contributed by atoms with E-state index in [1.54, 1.807) is 7.11 Å². The number of halogens is 1. The zero-order chi connectivity index (χ0) is 16.1. The molecule has 4 heteroatoms. The van der Waals surface area contributed by atoms with Gasteiger partial charge in [-0.3, -0.25) is 4.84 Å². The van der Waals surface area contributed by atoms with Gasteiger partial charge in [-0.25, -0.2) is 0 Å². The molecule has 23 heavy (non-hydrogen) atoms. The third-order valence-corrected chi connectivity index (χ3v) is 4.86. The van der Waals surface area contributed by atoms with Crippen LogP contribution in [-0.4, -0.2) is 24.1 Å². The predicted molar refractivity (Wildman–Crippen MR) is 91.9 cm³/mol. The fourth-order valence-corrected chi connectivity index (χ4v) is 3.65. The number of methoxy groups -OCH3 is 1. The second-order valence-electron chi connectivity index (χ2n) is 5.74. The van der Waals surface area contributed by atoms with Crippen molar-refractivity contribution in [3.05, 3.63) is 71.8 Å². The van der Waals surface area contributed by atoms with Crippen molar-refractivity contribution in [2.24, 2.45) is 0 Å². The number of piperidine rings is 1. The minimum atomic E-state index is -0.754. The maximum atomic E-state index is 6.70. The van der Waals surface area contributed by atoms with Gasteiger partial charge >= 0.3 is 0 Å². The number of rotatable bonds is 5. The zero-order valence-corrected chi connectivity index (χ0v) is 14.1. The molecule has 1 aliphatic rings. The molecule has 0 N–H and O–H groups in total. The van der Waals surface area contributed by atoms with Crippen LogP contribution < -0.4 is 0 Å². The van der Waals surface area contributed by atoms with Gasteiger partial charge in [-0.05, 0) is 18.4 Å². The van der Waals surface area contributed by atoms with Crippen LogP contribution in [0.3, 0.4) is 0 Å². The van der Waals surface area contributed by atoms with Crippen LogP contribution in [0.25, 0.3) is 0 Å². The molecule has 2 aromatic rings. The molecule has 3 nitrogen and oxygen atoms in total. The summed E-state index contributed by atoms with van der Waals surface area (Å²) in [4.78, 5) is 6.12. The molecule has 2 atom stereocenters. The average molecular weight is 332 g/mol. The van der Waals surface area contributed by atoms with Crippen LogP contribution in [0.1, 0.15) is 24.0 Å². The summed E-state index contributed by atoms with van der Waals surface area (Å²) in [5.74, 6) is 0. The molecule has 0 radical (unpaired) electrons. The summed E-state index contributed by atoms with van der Waals surface area (Å²) in [6, 6.07) is 20.2. The number of benzene rings is 2. The lowest BCUT2D eigenvalue weighted by Crippen LogP contribution is -2.56. The van der Waals surface area contributed by atoms with E-state index in [1.165, 1.54) is 0 Å². The smallest absolute Gasteiger partial charge is 0.185 e. The highest BCUT2D eigenvalue weighted by Gasteiger charge is 2.48. The lowest BCUT2D eigenvalue weighted by Gasteiger charge is -2.47. The molecule has 0 aromatic heterocycles. The van der Waals surface area contributed by atoms with Gasteiger partial charge < -0.3 is 4.74 Å². The first-order valence-corrected chi connectivity index (χ1v) is 8.40. The first-order chi connectivity index (χ1) is 11.3.